The van der Waals surface area contributed by atoms with Crippen molar-refractivity contribution in [2.24, 2.45) is 0 Å². The van der Waals surface area contributed by atoms with Crippen molar-refractivity contribution in [3.8, 4) is 0 Å². The van der Waals surface area contributed by atoms with E-state index in [1.54, 1.807) is 6.08 Å². The molecule has 1 aromatic carbocycles. The van der Waals surface area contributed by atoms with E-state index in [-0.39, 0.29) is 0 Å². The van der Waals surface area contributed by atoms with E-state index in [1.165, 1.54) is 5.56 Å². The summed E-state index contributed by atoms with van der Waals surface area (Å²) in [5, 5.41) is 0. The molecule has 0 saturated heterocycles. The van der Waals surface area contributed by atoms with Crippen LogP contribution in [0.3, 0.4) is 0 Å². The third-order valence-electron chi connectivity index (χ3n) is 2.09. The molecule has 0 bridgehead atoms. The molecule has 0 saturated carbocycles. The van der Waals surface area contributed by atoms with Crippen LogP contribution in [0.25, 0.3) is 6.08 Å². The van der Waals surface area contributed by atoms with Crippen LogP contribution in [0.5, 0.6) is 0 Å². The summed E-state index contributed by atoms with van der Waals surface area (Å²) in [6.07, 6.45) is 7.41. The predicted octanol–water partition coefficient (Wildman–Crippen LogP) is 6.22. The first-order valence-electron chi connectivity index (χ1n) is 6.22. The second-order valence-corrected chi connectivity index (χ2v) is 3.94. The molecule has 0 aliphatic rings. The van der Waals surface area contributed by atoms with Crippen LogP contribution in [-0.4, -0.2) is 0 Å². The van der Waals surface area contributed by atoms with Crippen molar-refractivity contribution >= 4 is 6.08 Å². The minimum Gasteiger partial charge on any atom is -0.0991 e. The number of rotatable bonds is 3. The first-order chi connectivity index (χ1) is 8.99. The molecule has 0 spiro atoms. The molecule has 0 heterocycles. The van der Waals surface area contributed by atoms with Gasteiger partial charge >= 0.3 is 0 Å². The first-order valence-corrected chi connectivity index (χ1v) is 6.22. The molecule has 0 aliphatic carbocycles. The molecule has 0 nitrogen and oxygen atoms in total. The zero-order valence-corrected chi connectivity index (χ0v) is 12.5. The Labute approximate surface area is 119 Å². The number of allylic oxidation sites excluding steroid dienone is 5. The Bertz CT molecular complexity index is 393. The van der Waals surface area contributed by atoms with Gasteiger partial charge in [0, 0.05) is 0 Å². The Kier molecular flexibility index (Phi) is 14.2. The Balaban J connectivity index is 0. The normalized spacial score (nSPS) is 8.37. The maximum Gasteiger partial charge on any atom is -0.0263 e. The molecule has 0 N–H and O–H groups in total. The standard InChI is InChI=1S/C8H8.C6H10.C5H8/c1-2-8-6-4-3-5-7-8;1-5(2)6(3)4;1-3-5-4-2/h2-7H,1H2;1,3H2,2,4H3;3-5H,1H2,2H3. The van der Waals surface area contributed by atoms with Crippen molar-refractivity contribution < 1.29 is 0 Å². The highest BCUT2D eigenvalue weighted by Crippen LogP contribution is 1.98. The summed E-state index contributed by atoms with van der Waals surface area (Å²) in [7, 11) is 0. The highest BCUT2D eigenvalue weighted by atomic mass is 13.8. The molecule has 0 fully saturated rings. The highest BCUT2D eigenvalue weighted by Gasteiger charge is 1.77. The zero-order valence-electron chi connectivity index (χ0n) is 12.5. The molecule has 0 radical (unpaired) electrons. The summed E-state index contributed by atoms with van der Waals surface area (Å²) >= 11 is 0. The van der Waals surface area contributed by atoms with E-state index in [0.717, 1.165) is 11.1 Å². The maximum absolute atomic E-state index is 3.66. The highest BCUT2D eigenvalue weighted by molar-refractivity contribution is 5.45. The molecule has 19 heavy (non-hydrogen) atoms. The van der Waals surface area contributed by atoms with Gasteiger partial charge in [0.05, 0.1) is 0 Å². The Hall–Kier alpha value is -2.08. The number of hydrogen-bond donors (Lipinski definition) is 0. The van der Waals surface area contributed by atoms with Crippen LogP contribution >= 0.6 is 0 Å². The van der Waals surface area contributed by atoms with Crippen LogP contribution in [0.4, 0.5) is 0 Å². The van der Waals surface area contributed by atoms with E-state index in [2.05, 4.69) is 26.3 Å². The fourth-order valence-corrected chi connectivity index (χ4v) is 0.725. The van der Waals surface area contributed by atoms with Gasteiger partial charge in [0.15, 0.2) is 0 Å². The van der Waals surface area contributed by atoms with E-state index in [1.807, 2.05) is 69.3 Å². The largest absolute Gasteiger partial charge is 0.0991 e. The van der Waals surface area contributed by atoms with Gasteiger partial charge in [-0.2, -0.15) is 0 Å². The Morgan fingerprint density at radius 2 is 1.42 bits per heavy atom. The number of hydrogen-bond acceptors (Lipinski definition) is 0. The third kappa shape index (κ3) is 15.9. The molecular formula is C19H26. The molecule has 0 unspecified atom stereocenters. The summed E-state index contributed by atoms with van der Waals surface area (Å²) in [4.78, 5) is 0. The van der Waals surface area contributed by atoms with Crippen molar-refractivity contribution in [3.05, 3.63) is 91.6 Å². The SMILES string of the molecule is C=C(C)C(=C)C.C=CC=CC.C=Cc1ccccc1. The van der Waals surface area contributed by atoms with Gasteiger partial charge in [0.2, 0.25) is 0 Å². The average molecular weight is 254 g/mol. The average Bonchev–Trinajstić information content (AvgIpc) is 2.42. The van der Waals surface area contributed by atoms with Gasteiger partial charge in [0.1, 0.15) is 0 Å². The summed E-state index contributed by atoms with van der Waals surface area (Å²) in [6.45, 7) is 20.3. The molecule has 0 aromatic heterocycles. The predicted molar refractivity (Wildman–Crippen MR) is 91.2 cm³/mol. The monoisotopic (exact) mass is 254 g/mol. The second kappa shape index (κ2) is 14.0. The molecule has 0 atom stereocenters. The second-order valence-electron chi connectivity index (χ2n) is 3.94. The van der Waals surface area contributed by atoms with Gasteiger partial charge in [0.25, 0.3) is 0 Å². The fraction of sp³-hybridized carbons (Fsp3) is 0.158. The minimum absolute atomic E-state index is 1.06. The van der Waals surface area contributed by atoms with Gasteiger partial charge in [-0.05, 0) is 26.3 Å². The van der Waals surface area contributed by atoms with E-state index in [9.17, 15) is 0 Å². The lowest BCUT2D eigenvalue weighted by Gasteiger charge is -1.88. The van der Waals surface area contributed by atoms with Crippen molar-refractivity contribution in [3.63, 3.8) is 0 Å². The molecule has 1 aromatic rings. The van der Waals surface area contributed by atoms with Crippen LogP contribution < -0.4 is 0 Å². The van der Waals surface area contributed by atoms with Gasteiger partial charge in [-0.15, -0.1) is 0 Å². The summed E-state index contributed by atoms with van der Waals surface area (Å²) < 4.78 is 0. The summed E-state index contributed by atoms with van der Waals surface area (Å²) in [5.74, 6) is 0. The van der Waals surface area contributed by atoms with E-state index in [0.29, 0.717) is 0 Å². The van der Waals surface area contributed by atoms with Crippen LogP contribution in [0.15, 0.2) is 86.0 Å². The number of benzene rings is 1. The molecule has 0 amide bonds. The lowest BCUT2D eigenvalue weighted by atomic mass is 10.2. The van der Waals surface area contributed by atoms with E-state index >= 15 is 0 Å². The Morgan fingerprint density at radius 1 is 0.947 bits per heavy atom. The van der Waals surface area contributed by atoms with Gasteiger partial charge in [-0.1, -0.05) is 92.1 Å². The maximum atomic E-state index is 3.66. The van der Waals surface area contributed by atoms with Crippen molar-refractivity contribution in [2.75, 3.05) is 0 Å². The quantitative estimate of drug-likeness (QED) is 0.562. The van der Waals surface area contributed by atoms with E-state index in [4.69, 9.17) is 0 Å². The van der Waals surface area contributed by atoms with Gasteiger partial charge < -0.3 is 0 Å². The topological polar surface area (TPSA) is 0 Å². The van der Waals surface area contributed by atoms with Gasteiger partial charge in [-0.3, -0.25) is 0 Å². The van der Waals surface area contributed by atoms with Crippen molar-refractivity contribution in [2.45, 2.75) is 20.8 Å². The summed E-state index contributed by atoms with van der Waals surface area (Å²) in [5.41, 5.74) is 3.30. The molecule has 1 rings (SSSR count). The van der Waals surface area contributed by atoms with Crippen LogP contribution in [0.1, 0.15) is 26.3 Å². The molecule has 102 valence electrons. The lowest BCUT2D eigenvalue weighted by Crippen LogP contribution is -1.67. The minimum atomic E-state index is 1.06. The van der Waals surface area contributed by atoms with Crippen LogP contribution in [-0.2, 0) is 0 Å². The Morgan fingerprint density at radius 3 is 1.58 bits per heavy atom. The van der Waals surface area contributed by atoms with Crippen LogP contribution in [0, 0.1) is 0 Å². The third-order valence-corrected chi connectivity index (χ3v) is 2.09. The zero-order chi connectivity index (χ0) is 15.1. The first kappa shape index (κ1) is 19.3. The van der Waals surface area contributed by atoms with E-state index < -0.39 is 0 Å². The van der Waals surface area contributed by atoms with Gasteiger partial charge in [-0.25, -0.2) is 0 Å². The molecular weight excluding hydrogens is 228 g/mol. The molecule has 0 aliphatic heterocycles. The molecule has 0 heteroatoms. The fourth-order valence-electron chi connectivity index (χ4n) is 0.725. The van der Waals surface area contributed by atoms with Crippen molar-refractivity contribution in [1.29, 1.82) is 0 Å². The van der Waals surface area contributed by atoms with Crippen LogP contribution in [0.2, 0.25) is 0 Å². The lowest BCUT2D eigenvalue weighted by molar-refractivity contribution is 1.39. The summed E-state index contributed by atoms with van der Waals surface area (Å²) in [6, 6.07) is 10.0. The van der Waals surface area contributed by atoms with Crippen molar-refractivity contribution in [1.82, 2.24) is 0 Å². The smallest absolute Gasteiger partial charge is 0.0263 e.